The lowest BCUT2D eigenvalue weighted by molar-refractivity contribution is -0.142. The maximum atomic E-state index is 12.4. The molecule has 128 valence electrons. The minimum Gasteiger partial charge on any atom is -0.466 e. The molecule has 0 aromatic rings. The van der Waals surface area contributed by atoms with Gasteiger partial charge in [0.25, 0.3) is 0 Å². The number of hydrogen-bond acceptors (Lipinski definition) is 5. The highest BCUT2D eigenvalue weighted by atomic mass is 32.2. The van der Waals surface area contributed by atoms with Crippen molar-refractivity contribution < 1.29 is 22.7 Å². The van der Waals surface area contributed by atoms with E-state index in [9.17, 15) is 13.2 Å². The molecule has 0 saturated carbocycles. The predicted molar refractivity (Wildman–Crippen MR) is 82.9 cm³/mol. The highest BCUT2D eigenvalue weighted by Crippen LogP contribution is 2.28. The van der Waals surface area contributed by atoms with Gasteiger partial charge in [0, 0.05) is 26.3 Å². The van der Waals surface area contributed by atoms with E-state index in [0.29, 0.717) is 24.9 Å². The molecule has 6 nitrogen and oxygen atoms in total. The van der Waals surface area contributed by atoms with Gasteiger partial charge in [0.2, 0.25) is 10.0 Å². The molecule has 0 aliphatic carbocycles. The van der Waals surface area contributed by atoms with Crippen molar-refractivity contribution in [2.45, 2.75) is 39.0 Å². The summed E-state index contributed by atoms with van der Waals surface area (Å²) in [5.41, 5.74) is 0. The number of rotatable bonds is 7. The maximum absolute atomic E-state index is 12.4. The lowest BCUT2D eigenvalue weighted by Gasteiger charge is -2.33. The first-order chi connectivity index (χ1) is 10.5. The summed E-state index contributed by atoms with van der Waals surface area (Å²) in [6.07, 6.45) is 4.06. The van der Waals surface area contributed by atoms with Crippen LogP contribution in [0.2, 0.25) is 0 Å². The van der Waals surface area contributed by atoms with Crippen LogP contribution >= 0.6 is 0 Å². The Morgan fingerprint density at radius 2 is 2.14 bits per heavy atom. The fraction of sp³-hybridized carbons (Fsp3) is 0.933. The monoisotopic (exact) mass is 333 g/mol. The molecule has 2 rings (SSSR count). The van der Waals surface area contributed by atoms with Crippen LogP contribution in [-0.2, 0) is 24.3 Å². The number of hydrogen-bond donors (Lipinski definition) is 0. The van der Waals surface area contributed by atoms with Crippen LogP contribution in [-0.4, -0.2) is 57.4 Å². The highest BCUT2D eigenvalue weighted by Gasteiger charge is 2.31. The standard InChI is InChI=1S/C15H27NO5S/c1-2-21-15(17)6-9-22(18,19)16-7-3-4-13(11-16)10-14-5-8-20-12-14/h13-14H,2-12H2,1H3. The molecule has 0 aromatic heterocycles. The van der Waals surface area contributed by atoms with E-state index in [1.807, 2.05) is 0 Å². The van der Waals surface area contributed by atoms with E-state index in [0.717, 1.165) is 38.9 Å². The summed E-state index contributed by atoms with van der Waals surface area (Å²) in [5, 5.41) is 0. The van der Waals surface area contributed by atoms with Gasteiger partial charge in [-0.3, -0.25) is 4.79 Å². The van der Waals surface area contributed by atoms with E-state index in [1.165, 1.54) is 0 Å². The third kappa shape index (κ3) is 5.21. The Labute approximate surface area is 133 Å². The van der Waals surface area contributed by atoms with Gasteiger partial charge < -0.3 is 9.47 Å². The van der Waals surface area contributed by atoms with Gasteiger partial charge in [0.1, 0.15) is 0 Å². The first-order valence-electron chi connectivity index (χ1n) is 8.22. The van der Waals surface area contributed by atoms with Crippen LogP contribution in [0.4, 0.5) is 0 Å². The number of ether oxygens (including phenoxy) is 2. The zero-order valence-electron chi connectivity index (χ0n) is 13.3. The number of sulfonamides is 1. The Kier molecular flexibility index (Phi) is 6.65. The van der Waals surface area contributed by atoms with Crippen molar-refractivity contribution in [2.75, 3.05) is 38.7 Å². The molecule has 2 saturated heterocycles. The van der Waals surface area contributed by atoms with Crippen LogP contribution in [0.25, 0.3) is 0 Å². The van der Waals surface area contributed by atoms with Crippen LogP contribution in [0.15, 0.2) is 0 Å². The largest absolute Gasteiger partial charge is 0.466 e. The summed E-state index contributed by atoms with van der Waals surface area (Å²) in [6, 6.07) is 0. The lowest BCUT2D eigenvalue weighted by atomic mass is 9.89. The van der Waals surface area contributed by atoms with Gasteiger partial charge in [-0.2, -0.15) is 0 Å². The Morgan fingerprint density at radius 3 is 2.82 bits per heavy atom. The molecule has 0 spiro atoms. The van der Waals surface area contributed by atoms with Crippen LogP contribution in [0.5, 0.6) is 0 Å². The van der Waals surface area contributed by atoms with Gasteiger partial charge in [0.05, 0.1) is 18.8 Å². The molecule has 0 aromatic carbocycles. The normalized spacial score (nSPS) is 27.0. The molecule has 2 fully saturated rings. The molecule has 0 N–H and O–H groups in total. The molecule has 2 heterocycles. The molecular weight excluding hydrogens is 306 g/mol. The van der Waals surface area contributed by atoms with Crippen molar-refractivity contribution in [1.29, 1.82) is 0 Å². The third-order valence-corrected chi connectivity index (χ3v) is 6.27. The van der Waals surface area contributed by atoms with E-state index in [2.05, 4.69) is 0 Å². The van der Waals surface area contributed by atoms with E-state index >= 15 is 0 Å². The van der Waals surface area contributed by atoms with Crippen molar-refractivity contribution in [3.8, 4) is 0 Å². The van der Waals surface area contributed by atoms with Gasteiger partial charge in [0.15, 0.2) is 0 Å². The average Bonchev–Trinajstić information content (AvgIpc) is 2.99. The van der Waals surface area contributed by atoms with Crippen molar-refractivity contribution in [2.24, 2.45) is 11.8 Å². The Hall–Kier alpha value is -0.660. The molecule has 0 radical (unpaired) electrons. The quantitative estimate of drug-likeness (QED) is 0.659. The first kappa shape index (κ1) is 17.7. The fourth-order valence-corrected chi connectivity index (χ4v) is 4.82. The molecule has 2 aliphatic rings. The summed E-state index contributed by atoms with van der Waals surface area (Å²) in [7, 11) is -3.36. The molecule has 7 heteroatoms. The number of carbonyl (C=O) groups excluding carboxylic acids is 1. The van der Waals surface area contributed by atoms with Crippen LogP contribution in [0.3, 0.4) is 0 Å². The van der Waals surface area contributed by atoms with Gasteiger partial charge in [-0.1, -0.05) is 0 Å². The smallest absolute Gasteiger partial charge is 0.306 e. The van der Waals surface area contributed by atoms with Crippen molar-refractivity contribution in [3.05, 3.63) is 0 Å². The second-order valence-electron chi connectivity index (χ2n) is 6.20. The number of carbonyl (C=O) groups is 1. The first-order valence-corrected chi connectivity index (χ1v) is 9.83. The zero-order chi connectivity index (χ0) is 16.0. The van der Waals surface area contributed by atoms with Crippen molar-refractivity contribution in [1.82, 2.24) is 4.31 Å². The topological polar surface area (TPSA) is 72.9 Å². The van der Waals surface area contributed by atoms with Crippen LogP contribution in [0.1, 0.15) is 39.0 Å². The summed E-state index contributed by atoms with van der Waals surface area (Å²) in [4.78, 5) is 11.3. The maximum Gasteiger partial charge on any atom is 0.306 e. The highest BCUT2D eigenvalue weighted by molar-refractivity contribution is 7.89. The molecular formula is C15H27NO5S. The van der Waals surface area contributed by atoms with Crippen LogP contribution < -0.4 is 0 Å². The molecule has 0 bridgehead atoms. The Morgan fingerprint density at radius 1 is 1.32 bits per heavy atom. The van der Waals surface area contributed by atoms with E-state index < -0.39 is 16.0 Å². The summed E-state index contributed by atoms with van der Waals surface area (Å²) >= 11 is 0. The van der Waals surface area contributed by atoms with Crippen LogP contribution in [0, 0.1) is 11.8 Å². The van der Waals surface area contributed by atoms with Gasteiger partial charge >= 0.3 is 5.97 Å². The molecule has 22 heavy (non-hydrogen) atoms. The number of esters is 1. The summed E-state index contributed by atoms with van der Waals surface area (Å²) < 4.78 is 36.5. The second-order valence-corrected chi connectivity index (χ2v) is 8.29. The Bertz CT molecular complexity index is 459. The van der Waals surface area contributed by atoms with Gasteiger partial charge in [-0.05, 0) is 44.4 Å². The lowest BCUT2D eigenvalue weighted by Crippen LogP contribution is -2.41. The van der Waals surface area contributed by atoms with Gasteiger partial charge in [-0.15, -0.1) is 0 Å². The summed E-state index contributed by atoms with van der Waals surface area (Å²) in [6.45, 7) is 4.80. The number of nitrogens with zero attached hydrogens (tertiary/aromatic N) is 1. The fourth-order valence-electron chi connectivity index (χ4n) is 3.29. The summed E-state index contributed by atoms with van der Waals surface area (Å²) in [5.74, 6) is 0.401. The average molecular weight is 333 g/mol. The molecule has 2 unspecified atom stereocenters. The predicted octanol–water partition coefficient (Wildman–Crippen LogP) is 1.41. The zero-order valence-corrected chi connectivity index (χ0v) is 14.1. The SMILES string of the molecule is CCOC(=O)CCS(=O)(=O)N1CCCC(CC2CCOC2)C1. The number of piperidine rings is 1. The Balaban J connectivity index is 1.82. The van der Waals surface area contributed by atoms with E-state index in [-0.39, 0.29) is 18.8 Å². The second kappa shape index (κ2) is 8.26. The molecule has 0 amide bonds. The third-order valence-electron chi connectivity index (χ3n) is 4.44. The molecule has 2 atom stereocenters. The van der Waals surface area contributed by atoms with Crippen molar-refractivity contribution in [3.63, 3.8) is 0 Å². The van der Waals surface area contributed by atoms with Crippen molar-refractivity contribution >= 4 is 16.0 Å². The molecule has 2 aliphatic heterocycles. The van der Waals surface area contributed by atoms with E-state index in [1.54, 1.807) is 11.2 Å². The minimum atomic E-state index is -3.36. The van der Waals surface area contributed by atoms with Gasteiger partial charge in [-0.25, -0.2) is 12.7 Å². The minimum absolute atomic E-state index is 0.0617. The van der Waals surface area contributed by atoms with E-state index in [4.69, 9.17) is 9.47 Å².